The van der Waals surface area contributed by atoms with Crippen molar-refractivity contribution in [3.8, 4) is 0 Å². The fourth-order valence-electron chi connectivity index (χ4n) is 3.42. The van der Waals surface area contributed by atoms with E-state index in [-0.39, 0.29) is 5.91 Å². The van der Waals surface area contributed by atoms with Crippen molar-refractivity contribution in [3.05, 3.63) is 46.3 Å². The zero-order valence-corrected chi connectivity index (χ0v) is 14.3. The number of hydrogen-bond acceptors (Lipinski definition) is 3. The number of nitrogens with zero attached hydrogens (tertiary/aromatic N) is 3. The van der Waals surface area contributed by atoms with Gasteiger partial charge in [0.25, 0.3) is 5.91 Å². The summed E-state index contributed by atoms with van der Waals surface area (Å²) >= 11 is 0. The van der Waals surface area contributed by atoms with Crippen LogP contribution in [0.1, 0.15) is 32.9 Å². The van der Waals surface area contributed by atoms with E-state index >= 15 is 0 Å². The van der Waals surface area contributed by atoms with Gasteiger partial charge in [-0.05, 0) is 39.8 Å². The number of carbonyl (C=O) groups is 1. The van der Waals surface area contributed by atoms with Crippen LogP contribution in [0, 0.1) is 27.7 Å². The Kier molecular flexibility index (Phi) is 4.11. The average molecular weight is 312 g/mol. The van der Waals surface area contributed by atoms with E-state index in [1.165, 1.54) is 5.69 Å². The van der Waals surface area contributed by atoms with Crippen LogP contribution in [0.3, 0.4) is 0 Å². The molecular formula is C18H24N4O. The van der Waals surface area contributed by atoms with Crippen LogP contribution in [0.4, 0.5) is 5.69 Å². The molecule has 1 aromatic carbocycles. The zero-order valence-electron chi connectivity index (χ0n) is 14.3. The Hall–Kier alpha value is -2.30. The quantitative estimate of drug-likeness (QED) is 0.927. The molecule has 0 bridgehead atoms. The van der Waals surface area contributed by atoms with Crippen molar-refractivity contribution in [1.82, 2.24) is 15.1 Å². The maximum absolute atomic E-state index is 12.7. The molecule has 3 rings (SSSR count). The van der Waals surface area contributed by atoms with E-state index in [0.717, 1.165) is 54.3 Å². The zero-order chi connectivity index (χ0) is 16.6. The lowest BCUT2D eigenvalue weighted by atomic mass is 10.1. The number of benzene rings is 1. The molecule has 1 aliphatic rings. The maximum atomic E-state index is 12.7. The number of nitrogens with one attached hydrogen (secondary N) is 1. The lowest BCUT2D eigenvalue weighted by Crippen LogP contribution is -2.49. The summed E-state index contributed by atoms with van der Waals surface area (Å²) in [5.74, 6) is 0.136. The molecule has 1 aliphatic heterocycles. The molecule has 23 heavy (non-hydrogen) atoms. The first-order chi connectivity index (χ1) is 11.0. The molecule has 0 atom stereocenters. The van der Waals surface area contributed by atoms with Crippen molar-refractivity contribution in [1.29, 1.82) is 0 Å². The SMILES string of the molecule is Cc1cc(C)cc(C(=O)N2CCN(c3c(C)n[nH]c3C)CC2)c1. The normalized spacial score (nSPS) is 15.1. The van der Waals surface area contributed by atoms with Crippen LogP contribution < -0.4 is 4.90 Å². The number of amides is 1. The minimum absolute atomic E-state index is 0.136. The molecule has 1 aromatic heterocycles. The molecule has 0 unspecified atom stereocenters. The third-order valence-electron chi connectivity index (χ3n) is 4.44. The Bertz CT molecular complexity index is 687. The molecule has 2 aromatic rings. The van der Waals surface area contributed by atoms with E-state index < -0.39 is 0 Å². The summed E-state index contributed by atoms with van der Waals surface area (Å²) in [5, 5.41) is 7.30. The summed E-state index contributed by atoms with van der Waals surface area (Å²) in [6, 6.07) is 6.05. The van der Waals surface area contributed by atoms with Gasteiger partial charge in [-0.15, -0.1) is 0 Å². The molecule has 2 heterocycles. The highest BCUT2D eigenvalue weighted by Crippen LogP contribution is 2.23. The number of H-pyrrole nitrogens is 1. The van der Waals surface area contributed by atoms with Crippen molar-refractivity contribution in [2.45, 2.75) is 27.7 Å². The van der Waals surface area contributed by atoms with Gasteiger partial charge in [0, 0.05) is 31.7 Å². The summed E-state index contributed by atoms with van der Waals surface area (Å²) in [4.78, 5) is 17.0. The first-order valence-corrected chi connectivity index (χ1v) is 8.10. The van der Waals surface area contributed by atoms with Crippen molar-refractivity contribution >= 4 is 11.6 Å². The van der Waals surface area contributed by atoms with Gasteiger partial charge >= 0.3 is 0 Å². The van der Waals surface area contributed by atoms with Crippen LogP contribution >= 0.6 is 0 Å². The van der Waals surface area contributed by atoms with E-state index in [2.05, 4.69) is 21.2 Å². The molecular weight excluding hydrogens is 288 g/mol. The minimum Gasteiger partial charge on any atom is -0.365 e. The van der Waals surface area contributed by atoms with Crippen LogP contribution in [0.15, 0.2) is 18.2 Å². The molecule has 5 nitrogen and oxygen atoms in total. The fraction of sp³-hybridized carbons (Fsp3) is 0.444. The van der Waals surface area contributed by atoms with E-state index in [1.54, 1.807) is 0 Å². The molecule has 122 valence electrons. The molecule has 1 saturated heterocycles. The van der Waals surface area contributed by atoms with Gasteiger partial charge in [-0.2, -0.15) is 5.10 Å². The standard InChI is InChI=1S/C18H24N4O/c1-12-9-13(2)11-16(10-12)18(23)22-7-5-21(6-8-22)17-14(3)19-20-15(17)4/h9-11H,5-8H2,1-4H3,(H,19,20). The van der Waals surface area contributed by atoms with Crippen molar-refractivity contribution in [2.24, 2.45) is 0 Å². The van der Waals surface area contributed by atoms with E-state index in [9.17, 15) is 4.79 Å². The average Bonchev–Trinajstić information content (AvgIpc) is 2.85. The first-order valence-electron chi connectivity index (χ1n) is 8.10. The van der Waals surface area contributed by atoms with Gasteiger partial charge in [0.05, 0.1) is 17.1 Å². The van der Waals surface area contributed by atoms with Crippen LogP contribution in [-0.2, 0) is 0 Å². The monoisotopic (exact) mass is 312 g/mol. The number of hydrogen-bond donors (Lipinski definition) is 1. The lowest BCUT2D eigenvalue weighted by Gasteiger charge is -2.36. The van der Waals surface area contributed by atoms with Crippen LogP contribution in [0.25, 0.3) is 0 Å². The van der Waals surface area contributed by atoms with Crippen molar-refractivity contribution in [2.75, 3.05) is 31.1 Å². The molecule has 1 amide bonds. The van der Waals surface area contributed by atoms with E-state index in [1.807, 2.05) is 44.7 Å². The fourth-order valence-corrected chi connectivity index (χ4v) is 3.42. The second kappa shape index (κ2) is 6.07. The number of carbonyl (C=O) groups excluding carboxylic acids is 1. The van der Waals surface area contributed by atoms with Crippen LogP contribution in [-0.4, -0.2) is 47.2 Å². The Labute approximate surface area is 137 Å². The van der Waals surface area contributed by atoms with Gasteiger partial charge in [-0.25, -0.2) is 0 Å². The number of piperazine rings is 1. The van der Waals surface area contributed by atoms with Gasteiger partial charge < -0.3 is 9.80 Å². The third kappa shape index (κ3) is 3.09. The molecule has 5 heteroatoms. The Morgan fingerprint density at radius 1 is 1.00 bits per heavy atom. The van der Waals surface area contributed by atoms with Crippen molar-refractivity contribution in [3.63, 3.8) is 0 Å². The summed E-state index contributed by atoms with van der Waals surface area (Å²) in [7, 11) is 0. The Morgan fingerprint density at radius 3 is 2.13 bits per heavy atom. The van der Waals surface area contributed by atoms with Crippen LogP contribution in [0.5, 0.6) is 0 Å². The Morgan fingerprint density at radius 2 is 1.61 bits per heavy atom. The van der Waals surface area contributed by atoms with E-state index in [4.69, 9.17) is 0 Å². The first kappa shape index (κ1) is 15.6. The highest BCUT2D eigenvalue weighted by atomic mass is 16.2. The number of anilines is 1. The molecule has 0 radical (unpaired) electrons. The third-order valence-corrected chi connectivity index (χ3v) is 4.44. The number of aromatic nitrogens is 2. The van der Waals surface area contributed by atoms with Gasteiger partial charge in [0.2, 0.25) is 0 Å². The van der Waals surface area contributed by atoms with Gasteiger partial charge in [-0.3, -0.25) is 9.89 Å². The second-order valence-electron chi connectivity index (χ2n) is 6.44. The summed E-state index contributed by atoms with van der Waals surface area (Å²) < 4.78 is 0. The topological polar surface area (TPSA) is 52.2 Å². The van der Waals surface area contributed by atoms with Gasteiger partial charge in [-0.1, -0.05) is 17.2 Å². The predicted octanol–water partition coefficient (Wildman–Crippen LogP) is 2.61. The maximum Gasteiger partial charge on any atom is 0.253 e. The number of aromatic amines is 1. The number of rotatable bonds is 2. The van der Waals surface area contributed by atoms with Crippen molar-refractivity contribution < 1.29 is 4.79 Å². The minimum atomic E-state index is 0.136. The molecule has 1 fully saturated rings. The van der Waals surface area contributed by atoms with Gasteiger partial charge in [0.15, 0.2) is 0 Å². The smallest absolute Gasteiger partial charge is 0.253 e. The molecule has 1 N–H and O–H groups in total. The number of aryl methyl sites for hydroxylation is 4. The second-order valence-corrected chi connectivity index (χ2v) is 6.44. The van der Waals surface area contributed by atoms with E-state index in [0.29, 0.717) is 0 Å². The highest BCUT2D eigenvalue weighted by molar-refractivity contribution is 5.94. The highest BCUT2D eigenvalue weighted by Gasteiger charge is 2.24. The predicted molar refractivity (Wildman–Crippen MR) is 92.1 cm³/mol. The summed E-state index contributed by atoms with van der Waals surface area (Å²) in [6.07, 6.45) is 0. The summed E-state index contributed by atoms with van der Waals surface area (Å²) in [6.45, 7) is 11.3. The summed E-state index contributed by atoms with van der Waals surface area (Å²) in [5.41, 5.74) is 6.37. The Balaban J connectivity index is 1.70. The van der Waals surface area contributed by atoms with Gasteiger partial charge in [0.1, 0.15) is 0 Å². The molecule has 0 aliphatic carbocycles. The largest absolute Gasteiger partial charge is 0.365 e. The lowest BCUT2D eigenvalue weighted by molar-refractivity contribution is 0.0746. The molecule has 0 saturated carbocycles. The molecule has 0 spiro atoms. The van der Waals surface area contributed by atoms with Crippen LogP contribution in [0.2, 0.25) is 0 Å².